The zero-order valence-electron chi connectivity index (χ0n) is 17.0. The number of amides is 1. The first-order valence-electron chi connectivity index (χ1n) is 10.1. The van der Waals surface area contributed by atoms with Crippen molar-refractivity contribution in [1.29, 1.82) is 0 Å². The SMILES string of the molecule is Cc1ccccc1N(CC(=O)NCCSC1CCCC1)S(=O)(=O)c1ccc(Cl)cc1. The van der Waals surface area contributed by atoms with Crippen LogP contribution in [0.25, 0.3) is 0 Å². The highest BCUT2D eigenvalue weighted by atomic mass is 35.5. The molecule has 2 aromatic carbocycles. The van der Waals surface area contributed by atoms with Gasteiger partial charge in [-0.15, -0.1) is 0 Å². The van der Waals surface area contributed by atoms with Crippen molar-refractivity contribution in [3.05, 3.63) is 59.1 Å². The molecule has 0 aliphatic heterocycles. The highest BCUT2D eigenvalue weighted by Crippen LogP contribution is 2.29. The Morgan fingerprint density at radius 2 is 1.80 bits per heavy atom. The molecule has 0 radical (unpaired) electrons. The fourth-order valence-corrected chi connectivity index (χ4v) is 6.37. The Balaban J connectivity index is 1.72. The Kier molecular flexibility index (Phi) is 8.08. The van der Waals surface area contributed by atoms with E-state index < -0.39 is 10.0 Å². The number of hydrogen-bond donors (Lipinski definition) is 1. The number of halogens is 1. The Bertz CT molecular complexity index is 959. The van der Waals surface area contributed by atoms with Gasteiger partial charge < -0.3 is 5.32 Å². The molecule has 30 heavy (non-hydrogen) atoms. The molecule has 5 nitrogen and oxygen atoms in total. The van der Waals surface area contributed by atoms with Crippen molar-refractivity contribution in [2.24, 2.45) is 0 Å². The van der Waals surface area contributed by atoms with Crippen LogP contribution in [0.15, 0.2) is 53.4 Å². The first-order valence-corrected chi connectivity index (χ1v) is 13.0. The Hall–Kier alpha value is -1.70. The lowest BCUT2D eigenvalue weighted by molar-refractivity contribution is -0.119. The number of nitrogens with zero attached hydrogens (tertiary/aromatic N) is 1. The second kappa shape index (κ2) is 10.6. The van der Waals surface area contributed by atoms with E-state index in [2.05, 4.69) is 5.32 Å². The number of sulfonamides is 1. The van der Waals surface area contributed by atoms with Crippen LogP contribution in [0.3, 0.4) is 0 Å². The zero-order valence-corrected chi connectivity index (χ0v) is 19.4. The standard InChI is InChI=1S/C22H27ClN2O3S2/c1-17-6-2-5-9-21(17)25(30(27,28)20-12-10-18(23)11-13-20)16-22(26)24-14-15-29-19-7-3-4-8-19/h2,5-6,9-13,19H,3-4,7-8,14-16H2,1H3,(H,24,26). The van der Waals surface area contributed by atoms with Gasteiger partial charge in [0.2, 0.25) is 5.91 Å². The number of thioether (sulfide) groups is 1. The normalized spacial score (nSPS) is 14.6. The number of carbonyl (C=O) groups is 1. The summed E-state index contributed by atoms with van der Waals surface area (Å²) in [7, 11) is -3.92. The van der Waals surface area contributed by atoms with Crippen molar-refractivity contribution in [3.8, 4) is 0 Å². The molecule has 0 aromatic heterocycles. The van der Waals surface area contributed by atoms with E-state index in [9.17, 15) is 13.2 Å². The monoisotopic (exact) mass is 466 g/mol. The highest BCUT2D eigenvalue weighted by Gasteiger charge is 2.28. The van der Waals surface area contributed by atoms with Gasteiger partial charge in [0.25, 0.3) is 10.0 Å². The van der Waals surface area contributed by atoms with E-state index in [-0.39, 0.29) is 17.3 Å². The average molecular weight is 467 g/mol. The number of hydrogen-bond acceptors (Lipinski definition) is 4. The number of nitrogens with one attached hydrogen (secondary N) is 1. The van der Waals surface area contributed by atoms with Crippen LogP contribution in [-0.2, 0) is 14.8 Å². The summed E-state index contributed by atoms with van der Waals surface area (Å²) in [4.78, 5) is 12.7. The van der Waals surface area contributed by atoms with Crippen molar-refractivity contribution in [2.75, 3.05) is 23.1 Å². The van der Waals surface area contributed by atoms with E-state index in [1.165, 1.54) is 54.3 Å². The second-order valence-corrected chi connectivity index (χ2v) is 11.1. The van der Waals surface area contributed by atoms with Gasteiger partial charge in [-0.1, -0.05) is 42.6 Å². The number of para-hydroxylation sites is 1. The Labute approximate surface area is 188 Å². The second-order valence-electron chi connectivity index (χ2n) is 7.38. The van der Waals surface area contributed by atoms with E-state index in [1.807, 2.05) is 30.8 Å². The van der Waals surface area contributed by atoms with E-state index in [4.69, 9.17) is 11.6 Å². The summed E-state index contributed by atoms with van der Waals surface area (Å²) in [5.74, 6) is 0.521. The van der Waals surface area contributed by atoms with Crippen LogP contribution < -0.4 is 9.62 Å². The third kappa shape index (κ3) is 5.93. The van der Waals surface area contributed by atoms with Gasteiger partial charge in [0, 0.05) is 22.6 Å². The van der Waals surface area contributed by atoms with Crippen molar-refractivity contribution < 1.29 is 13.2 Å². The van der Waals surface area contributed by atoms with Crippen LogP contribution in [0.4, 0.5) is 5.69 Å². The summed E-state index contributed by atoms with van der Waals surface area (Å²) in [6.45, 7) is 2.09. The summed E-state index contributed by atoms with van der Waals surface area (Å²) >= 11 is 7.80. The summed E-state index contributed by atoms with van der Waals surface area (Å²) in [5, 5.41) is 4.02. The molecule has 1 N–H and O–H groups in total. The minimum absolute atomic E-state index is 0.0970. The molecule has 162 valence electrons. The quantitative estimate of drug-likeness (QED) is 0.547. The molecule has 1 amide bonds. The first-order chi connectivity index (χ1) is 14.4. The molecule has 0 atom stereocenters. The molecule has 0 spiro atoms. The lowest BCUT2D eigenvalue weighted by Gasteiger charge is -2.25. The molecular weight excluding hydrogens is 440 g/mol. The largest absolute Gasteiger partial charge is 0.354 e. The Morgan fingerprint density at radius 1 is 1.13 bits per heavy atom. The molecule has 1 aliphatic rings. The maximum absolute atomic E-state index is 13.3. The average Bonchev–Trinajstić information content (AvgIpc) is 3.24. The fraction of sp³-hybridized carbons (Fsp3) is 0.409. The minimum atomic E-state index is -3.92. The predicted molar refractivity (Wildman–Crippen MR) is 125 cm³/mol. The van der Waals surface area contributed by atoms with Gasteiger partial charge in [0.15, 0.2) is 0 Å². The highest BCUT2D eigenvalue weighted by molar-refractivity contribution is 7.99. The summed E-state index contributed by atoms with van der Waals surface area (Å²) in [6.07, 6.45) is 5.08. The zero-order chi connectivity index (χ0) is 21.6. The molecule has 0 saturated heterocycles. The third-order valence-electron chi connectivity index (χ3n) is 5.15. The topological polar surface area (TPSA) is 66.5 Å². The predicted octanol–water partition coefficient (Wildman–Crippen LogP) is 4.64. The van der Waals surface area contributed by atoms with E-state index in [0.717, 1.165) is 11.3 Å². The maximum Gasteiger partial charge on any atom is 0.264 e. The van der Waals surface area contributed by atoms with E-state index >= 15 is 0 Å². The molecule has 1 aliphatic carbocycles. The van der Waals surface area contributed by atoms with Crippen molar-refractivity contribution >= 4 is 45.0 Å². The maximum atomic E-state index is 13.3. The molecule has 8 heteroatoms. The lowest BCUT2D eigenvalue weighted by atomic mass is 10.2. The van der Waals surface area contributed by atoms with E-state index in [1.54, 1.807) is 12.1 Å². The van der Waals surface area contributed by atoms with Crippen molar-refractivity contribution in [2.45, 2.75) is 42.8 Å². The van der Waals surface area contributed by atoms with Crippen LogP contribution in [0.1, 0.15) is 31.2 Å². The van der Waals surface area contributed by atoms with Crippen LogP contribution in [-0.4, -0.2) is 38.4 Å². The first kappa shape index (κ1) is 23.0. The Morgan fingerprint density at radius 3 is 2.47 bits per heavy atom. The van der Waals surface area contributed by atoms with Gasteiger partial charge in [-0.05, 0) is 55.7 Å². The molecule has 1 fully saturated rings. The number of aryl methyl sites for hydroxylation is 1. The van der Waals surface area contributed by atoms with Crippen LogP contribution >= 0.6 is 23.4 Å². The molecule has 0 bridgehead atoms. The van der Waals surface area contributed by atoms with Crippen molar-refractivity contribution in [3.63, 3.8) is 0 Å². The number of rotatable bonds is 9. The van der Waals surface area contributed by atoms with Crippen LogP contribution in [0.5, 0.6) is 0 Å². The van der Waals surface area contributed by atoms with Gasteiger partial charge in [0.05, 0.1) is 10.6 Å². The molecule has 0 heterocycles. The molecule has 2 aromatic rings. The van der Waals surface area contributed by atoms with Crippen LogP contribution in [0, 0.1) is 6.92 Å². The molecule has 3 rings (SSSR count). The summed E-state index contributed by atoms with van der Waals surface area (Å²) in [6, 6.07) is 13.1. The molecule has 1 saturated carbocycles. The number of carbonyl (C=O) groups excluding carboxylic acids is 1. The van der Waals surface area contributed by atoms with Gasteiger partial charge in [-0.3, -0.25) is 9.10 Å². The van der Waals surface area contributed by atoms with Gasteiger partial charge >= 0.3 is 0 Å². The van der Waals surface area contributed by atoms with Gasteiger partial charge in [0.1, 0.15) is 6.54 Å². The van der Waals surface area contributed by atoms with Crippen molar-refractivity contribution in [1.82, 2.24) is 5.32 Å². The van der Waals surface area contributed by atoms with Gasteiger partial charge in [-0.2, -0.15) is 11.8 Å². The lowest BCUT2D eigenvalue weighted by Crippen LogP contribution is -2.41. The third-order valence-corrected chi connectivity index (χ3v) is 8.56. The number of anilines is 1. The fourth-order valence-electron chi connectivity index (χ4n) is 3.53. The summed E-state index contributed by atoms with van der Waals surface area (Å²) < 4.78 is 27.8. The van der Waals surface area contributed by atoms with Crippen LogP contribution in [0.2, 0.25) is 5.02 Å². The van der Waals surface area contributed by atoms with Gasteiger partial charge in [-0.25, -0.2) is 8.42 Å². The number of benzene rings is 2. The summed E-state index contributed by atoms with van der Waals surface area (Å²) in [5.41, 5.74) is 1.27. The molecular formula is C22H27ClN2O3S2. The molecule has 0 unspecified atom stereocenters. The smallest absolute Gasteiger partial charge is 0.264 e. The minimum Gasteiger partial charge on any atom is -0.354 e. The van der Waals surface area contributed by atoms with E-state index in [0.29, 0.717) is 22.5 Å².